The first kappa shape index (κ1) is 21.5. The van der Waals surface area contributed by atoms with Gasteiger partial charge < -0.3 is 10.1 Å². The molecule has 3 aromatic rings. The molecule has 0 aliphatic carbocycles. The van der Waals surface area contributed by atoms with Crippen LogP contribution in [0.5, 0.6) is 0 Å². The number of anilines is 1. The van der Waals surface area contributed by atoms with Gasteiger partial charge in [0.2, 0.25) is 0 Å². The van der Waals surface area contributed by atoms with E-state index in [0.717, 1.165) is 10.4 Å². The maximum absolute atomic E-state index is 12.8. The predicted molar refractivity (Wildman–Crippen MR) is 117 cm³/mol. The molecule has 0 spiro atoms. The van der Waals surface area contributed by atoms with Crippen molar-refractivity contribution >= 4 is 45.5 Å². The zero-order valence-electron chi connectivity index (χ0n) is 16.3. The summed E-state index contributed by atoms with van der Waals surface area (Å²) in [6.07, 6.45) is 0. The average molecular weight is 445 g/mol. The van der Waals surface area contributed by atoms with Gasteiger partial charge in [0.05, 0.1) is 12.0 Å². The Kier molecular flexibility index (Phi) is 6.19. The second kappa shape index (κ2) is 8.64. The van der Waals surface area contributed by atoms with Crippen LogP contribution in [0.4, 0.5) is 10.7 Å². The molecule has 154 valence electrons. The Bertz CT molecular complexity index is 1170. The Labute approximate surface area is 181 Å². The highest BCUT2D eigenvalue weighted by Crippen LogP contribution is 2.41. The minimum absolute atomic E-state index is 0.0722. The summed E-state index contributed by atoms with van der Waals surface area (Å²) in [7, 11) is 1.27. The van der Waals surface area contributed by atoms with Crippen molar-refractivity contribution < 1.29 is 19.2 Å². The molecule has 1 N–H and O–H groups in total. The lowest BCUT2D eigenvalue weighted by Gasteiger charge is -2.09. The summed E-state index contributed by atoms with van der Waals surface area (Å²) in [5.41, 5.74) is 2.12. The molecule has 0 saturated heterocycles. The molecule has 0 aliphatic rings. The van der Waals surface area contributed by atoms with Gasteiger partial charge in [0.15, 0.2) is 0 Å². The van der Waals surface area contributed by atoms with E-state index in [2.05, 4.69) is 5.32 Å². The average Bonchev–Trinajstić information content (AvgIpc) is 3.02. The minimum atomic E-state index is -0.593. The number of hydrogen-bond acceptors (Lipinski definition) is 6. The zero-order chi connectivity index (χ0) is 22.0. The quantitative estimate of drug-likeness (QED) is 0.312. The normalized spacial score (nSPS) is 10.5. The third-order valence-corrected chi connectivity index (χ3v) is 5.73. The van der Waals surface area contributed by atoms with Gasteiger partial charge in [-0.3, -0.25) is 14.9 Å². The van der Waals surface area contributed by atoms with Crippen molar-refractivity contribution in [3.8, 4) is 11.1 Å². The van der Waals surface area contributed by atoms with Gasteiger partial charge in [-0.25, -0.2) is 4.79 Å². The lowest BCUT2D eigenvalue weighted by atomic mass is 10.0. The molecular weight excluding hydrogens is 428 g/mol. The molecule has 0 atom stereocenters. The number of amides is 1. The minimum Gasteiger partial charge on any atom is -0.465 e. The summed E-state index contributed by atoms with van der Waals surface area (Å²) in [4.78, 5) is 36.6. The van der Waals surface area contributed by atoms with E-state index < -0.39 is 16.8 Å². The van der Waals surface area contributed by atoms with Gasteiger partial charge >= 0.3 is 5.97 Å². The molecule has 0 fully saturated rings. The number of rotatable bonds is 5. The Morgan fingerprint density at radius 2 is 1.90 bits per heavy atom. The molecule has 3 rings (SSSR count). The molecule has 0 radical (unpaired) electrons. The summed E-state index contributed by atoms with van der Waals surface area (Å²) >= 11 is 7.34. The molecule has 1 heterocycles. The number of esters is 1. The number of nitrogens with one attached hydrogen (secondary N) is 1. The summed E-state index contributed by atoms with van der Waals surface area (Å²) < 4.78 is 4.94. The first-order valence-corrected chi connectivity index (χ1v) is 9.96. The van der Waals surface area contributed by atoms with Gasteiger partial charge in [-0.2, -0.15) is 0 Å². The number of benzene rings is 2. The second-order valence-corrected chi connectivity index (χ2v) is 8.11. The number of nitro groups is 1. The number of methoxy groups -OCH3 is 1. The molecule has 0 unspecified atom stereocenters. The van der Waals surface area contributed by atoms with E-state index in [4.69, 9.17) is 16.3 Å². The van der Waals surface area contributed by atoms with Gasteiger partial charge in [-0.1, -0.05) is 23.7 Å². The van der Waals surface area contributed by atoms with Crippen molar-refractivity contribution in [1.29, 1.82) is 0 Å². The zero-order valence-corrected chi connectivity index (χ0v) is 17.9. The van der Waals surface area contributed by atoms with Crippen molar-refractivity contribution in [2.75, 3.05) is 12.4 Å². The van der Waals surface area contributed by atoms with Crippen molar-refractivity contribution in [2.24, 2.45) is 0 Å². The highest BCUT2D eigenvalue weighted by molar-refractivity contribution is 7.17. The van der Waals surface area contributed by atoms with Crippen molar-refractivity contribution in [3.05, 3.63) is 79.2 Å². The van der Waals surface area contributed by atoms with E-state index in [1.807, 2.05) is 13.0 Å². The van der Waals surface area contributed by atoms with Crippen LogP contribution >= 0.6 is 22.9 Å². The van der Waals surface area contributed by atoms with Gasteiger partial charge in [0.25, 0.3) is 11.6 Å². The number of carbonyl (C=O) groups is 2. The van der Waals surface area contributed by atoms with Crippen LogP contribution in [-0.2, 0) is 4.74 Å². The predicted octanol–water partition coefficient (Wildman–Crippen LogP) is 5.63. The van der Waals surface area contributed by atoms with Crippen LogP contribution < -0.4 is 5.32 Å². The highest BCUT2D eigenvalue weighted by Gasteiger charge is 2.26. The number of halogens is 1. The molecular formula is C21H17ClN2O5S. The number of ether oxygens (including phenoxy) is 1. The molecule has 1 aromatic heterocycles. The topological polar surface area (TPSA) is 98.5 Å². The fourth-order valence-corrected chi connectivity index (χ4v) is 4.35. The molecule has 7 nitrogen and oxygen atoms in total. The van der Waals surface area contributed by atoms with Gasteiger partial charge in [0.1, 0.15) is 10.6 Å². The van der Waals surface area contributed by atoms with Crippen molar-refractivity contribution in [1.82, 2.24) is 0 Å². The maximum Gasteiger partial charge on any atom is 0.341 e. The number of thiophene rings is 1. The van der Waals surface area contributed by atoms with Crippen LogP contribution in [-0.4, -0.2) is 23.9 Å². The van der Waals surface area contributed by atoms with Crippen molar-refractivity contribution in [3.63, 3.8) is 0 Å². The molecule has 0 saturated carbocycles. The first-order chi connectivity index (χ1) is 14.2. The molecule has 30 heavy (non-hydrogen) atoms. The SMILES string of the molecule is COC(=O)c1c(NC(=O)c2ccc([N+](=O)[O-])c(C)c2)sc(C)c1-c1cccc(Cl)c1. The Balaban J connectivity index is 2.03. The van der Waals surface area contributed by atoms with Crippen LogP contribution in [0.2, 0.25) is 5.02 Å². The van der Waals surface area contributed by atoms with Gasteiger partial charge in [-0.15, -0.1) is 11.3 Å². The second-order valence-electron chi connectivity index (χ2n) is 6.45. The highest BCUT2D eigenvalue weighted by atomic mass is 35.5. The first-order valence-electron chi connectivity index (χ1n) is 8.77. The molecule has 0 bridgehead atoms. The summed E-state index contributed by atoms with van der Waals surface area (Å²) in [5, 5.41) is 14.6. The lowest BCUT2D eigenvalue weighted by Crippen LogP contribution is -2.14. The summed E-state index contributed by atoms with van der Waals surface area (Å²) in [5.74, 6) is -1.08. The van der Waals surface area contributed by atoms with Crippen LogP contribution in [0.25, 0.3) is 11.1 Å². The third-order valence-electron chi connectivity index (χ3n) is 4.47. The number of hydrogen-bond donors (Lipinski definition) is 1. The monoisotopic (exact) mass is 444 g/mol. The van der Waals surface area contributed by atoms with E-state index in [0.29, 0.717) is 21.2 Å². The number of aryl methyl sites for hydroxylation is 2. The Hall–Kier alpha value is -3.23. The van der Waals surface area contributed by atoms with Gasteiger partial charge in [0, 0.05) is 32.7 Å². The smallest absolute Gasteiger partial charge is 0.341 e. The number of carbonyl (C=O) groups excluding carboxylic acids is 2. The summed E-state index contributed by atoms with van der Waals surface area (Å²) in [6, 6.07) is 11.1. The molecule has 1 amide bonds. The van der Waals surface area contributed by atoms with E-state index >= 15 is 0 Å². The number of nitrogens with zero attached hydrogens (tertiary/aromatic N) is 1. The van der Waals surface area contributed by atoms with E-state index in [1.165, 1.54) is 36.6 Å². The van der Waals surface area contributed by atoms with E-state index in [9.17, 15) is 19.7 Å². The molecule has 0 aliphatic heterocycles. The molecule has 9 heteroatoms. The Morgan fingerprint density at radius 3 is 2.50 bits per heavy atom. The fourth-order valence-electron chi connectivity index (χ4n) is 3.10. The van der Waals surface area contributed by atoms with Crippen LogP contribution in [0.15, 0.2) is 42.5 Å². The van der Waals surface area contributed by atoms with E-state index in [-0.39, 0.29) is 16.8 Å². The summed E-state index contributed by atoms with van der Waals surface area (Å²) in [6.45, 7) is 3.39. The van der Waals surface area contributed by atoms with Crippen LogP contribution in [0, 0.1) is 24.0 Å². The Morgan fingerprint density at radius 1 is 1.17 bits per heavy atom. The lowest BCUT2D eigenvalue weighted by molar-refractivity contribution is -0.385. The largest absolute Gasteiger partial charge is 0.465 e. The van der Waals surface area contributed by atoms with Gasteiger partial charge in [-0.05, 0) is 43.7 Å². The van der Waals surface area contributed by atoms with Crippen molar-refractivity contribution in [2.45, 2.75) is 13.8 Å². The maximum atomic E-state index is 12.8. The third kappa shape index (κ3) is 4.19. The van der Waals surface area contributed by atoms with E-state index in [1.54, 1.807) is 25.1 Å². The fraction of sp³-hybridized carbons (Fsp3) is 0.143. The van der Waals surface area contributed by atoms with Crippen LogP contribution in [0.1, 0.15) is 31.2 Å². The van der Waals surface area contributed by atoms with Crippen LogP contribution in [0.3, 0.4) is 0 Å². The standard InChI is InChI=1S/C21H17ClN2O5S/c1-11-9-14(7-8-16(11)24(27)28)19(25)23-20-18(21(26)29-3)17(12(2)30-20)13-5-4-6-15(22)10-13/h4-10H,1-3H3,(H,23,25). The number of nitro benzene ring substituents is 1. The molecule has 2 aromatic carbocycles.